The third kappa shape index (κ3) is 3.14. The zero-order valence-corrected chi connectivity index (χ0v) is 13.0. The van der Waals surface area contributed by atoms with E-state index in [1.807, 2.05) is 13.8 Å². The van der Waals surface area contributed by atoms with Crippen LogP contribution in [-0.2, 0) is 28.9 Å². The smallest absolute Gasteiger partial charge is 0.431 e. The molecule has 1 aromatic heterocycles. The highest BCUT2D eigenvalue weighted by atomic mass is 19.4. The number of alkyl halides is 3. The molecule has 1 aliphatic rings. The van der Waals surface area contributed by atoms with Crippen LogP contribution in [0.15, 0.2) is 24.9 Å². The summed E-state index contributed by atoms with van der Waals surface area (Å²) < 4.78 is 45.5. The molecule has 0 radical (unpaired) electrons. The predicted octanol–water partition coefficient (Wildman–Crippen LogP) is 3.64. The number of aromatic nitrogens is 1. The number of halogens is 3. The first-order valence-electron chi connectivity index (χ1n) is 7.12. The van der Waals surface area contributed by atoms with E-state index in [0.29, 0.717) is 0 Å². The molecule has 0 saturated heterocycles. The highest BCUT2D eigenvalue weighted by Crippen LogP contribution is 2.59. The van der Waals surface area contributed by atoms with Crippen molar-refractivity contribution in [3.63, 3.8) is 0 Å². The highest BCUT2D eigenvalue weighted by Gasteiger charge is 2.61. The number of terminal acetylenes is 1. The lowest BCUT2D eigenvalue weighted by Gasteiger charge is -2.13. The molecular formula is C17H18F3NO2. The summed E-state index contributed by atoms with van der Waals surface area (Å²) in [5.74, 6) is 1.30. The van der Waals surface area contributed by atoms with Crippen molar-refractivity contribution in [3.05, 3.63) is 36.2 Å². The van der Waals surface area contributed by atoms with Crippen LogP contribution in [0, 0.1) is 29.6 Å². The average Bonchev–Trinajstić information content (AvgIpc) is 2.79. The van der Waals surface area contributed by atoms with Gasteiger partial charge in [0.25, 0.3) is 0 Å². The second-order valence-electron chi connectivity index (χ2n) is 6.19. The average molecular weight is 325 g/mol. The lowest BCUT2D eigenvalue weighted by atomic mass is 10.1. The van der Waals surface area contributed by atoms with Gasteiger partial charge in [0.05, 0.1) is 12.5 Å². The minimum absolute atomic E-state index is 0.0110. The molecule has 0 bridgehead atoms. The fourth-order valence-electron chi connectivity index (χ4n) is 3.02. The van der Waals surface area contributed by atoms with Crippen LogP contribution >= 0.6 is 0 Å². The normalized spacial score (nSPS) is 22.3. The highest BCUT2D eigenvalue weighted by molar-refractivity contribution is 5.78. The van der Waals surface area contributed by atoms with Gasteiger partial charge in [-0.1, -0.05) is 25.8 Å². The van der Waals surface area contributed by atoms with E-state index in [-0.39, 0.29) is 29.4 Å². The number of rotatable bonds is 5. The Morgan fingerprint density at radius 1 is 1.57 bits per heavy atom. The predicted molar refractivity (Wildman–Crippen MR) is 79.0 cm³/mol. The number of hydrogen-bond acceptors (Lipinski definition) is 2. The van der Waals surface area contributed by atoms with E-state index >= 15 is 0 Å². The molecule has 1 saturated carbocycles. The van der Waals surface area contributed by atoms with Gasteiger partial charge in [0.1, 0.15) is 12.3 Å². The SMILES string of the molecule is C#CCn1ccc(COC(=O)[C@@H]2[C@H](C=C)C2(C)C)c1C(F)(F)F. The maximum atomic E-state index is 13.2. The van der Waals surface area contributed by atoms with Gasteiger partial charge in [-0.2, -0.15) is 13.2 Å². The zero-order valence-electron chi connectivity index (χ0n) is 13.0. The topological polar surface area (TPSA) is 31.2 Å². The molecule has 0 unspecified atom stereocenters. The van der Waals surface area contributed by atoms with Gasteiger partial charge in [-0.25, -0.2) is 0 Å². The maximum absolute atomic E-state index is 13.2. The molecule has 0 aliphatic heterocycles. The van der Waals surface area contributed by atoms with Crippen molar-refractivity contribution in [1.82, 2.24) is 4.57 Å². The number of carbonyl (C=O) groups excluding carboxylic acids is 1. The standard InChI is InChI=1S/C17H18F3NO2/c1-5-8-21-9-7-11(14(21)17(18,19)20)10-23-15(22)13-12(6-2)16(13,3)4/h1,6-7,9,12-13H,2,8,10H2,3-4H3/t12-,13-/m0/s1. The van der Waals surface area contributed by atoms with Crippen molar-refractivity contribution in [2.24, 2.45) is 17.3 Å². The Kier molecular flexibility index (Phi) is 4.34. The summed E-state index contributed by atoms with van der Waals surface area (Å²) in [6, 6.07) is 1.27. The largest absolute Gasteiger partial charge is 0.460 e. The van der Waals surface area contributed by atoms with Crippen LogP contribution < -0.4 is 0 Å². The Morgan fingerprint density at radius 3 is 2.70 bits per heavy atom. The monoisotopic (exact) mass is 325 g/mol. The van der Waals surface area contributed by atoms with E-state index in [0.717, 1.165) is 4.57 Å². The van der Waals surface area contributed by atoms with Gasteiger partial charge in [-0.05, 0) is 17.4 Å². The van der Waals surface area contributed by atoms with Crippen molar-refractivity contribution < 1.29 is 22.7 Å². The molecule has 2 rings (SSSR count). The lowest BCUT2D eigenvalue weighted by molar-refractivity contribution is -0.151. The summed E-state index contributed by atoms with van der Waals surface area (Å²) in [7, 11) is 0. The maximum Gasteiger partial charge on any atom is 0.431 e. The third-order valence-electron chi connectivity index (χ3n) is 4.37. The van der Waals surface area contributed by atoms with Crippen LogP contribution in [0.3, 0.4) is 0 Å². The molecule has 1 heterocycles. The minimum atomic E-state index is -4.56. The fourth-order valence-corrected chi connectivity index (χ4v) is 3.02. The number of esters is 1. The third-order valence-corrected chi connectivity index (χ3v) is 4.37. The number of carbonyl (C=O) groups is 1. The van der Waals surface area contributed by atoms with Crippen LogP contribution in [0.5, 0.6) is 0 Å². The van der Waals surface area contributed by atoms with Crippen LogP contribution in [0.2, 0.25) is 0 Å². The van der Waals surface area contributed by atoms with E-state index in [2.05, 4.69) is 12.5 Å². The summed E-state index contributed by atoms with van der Waals surface area (Å²) in [4.78, 5) is 12.1. The molecule has 0 spiro atoms. The van der Waals surface area contributed by atoms with E-state index in [1.165, 1.54) is 12.3 Å². The van der Waals surface area contributed by atoms with Crippen molar-refractivity contribution in [2.75, 3.05) is 0 Å². The molecule has 2 atom stereocenters. The molecule has 1 aromatic rings. The summed E-state index contributed by atoms with van der Waals surface area (Å²) in [6.45, 7) is 6.83. The van der Waals surface area contributed by atoms with E-state index < -0.39 is 24.4 Å². The van der Waals surface area contributed by atoms with Crippen LogP contribution in [0.4, 0.5) is 13.2 Å². The van der Waals surface area contributed by atoms with Crippen molar-refractivity contribution in [1.29, 1.82) is 0 Å². The first kappa shape index (κ1) is 17.2. The minimum Gasteiger partial charge on any atom is -0.460 e. The summed E-state index contributed by atoms with van der Waals surface area (Å²) in [5.41, 5.74) is -1.24. The molecular weight excluding hydrogens is 307 g/mol. The van der Waals surface area contributed by atoms with Gasteiger partial charge in [-0.3, -0.25) is 4.79 Å². The first-order valence-corrected chi connectivity index (χ1v) is 7.12. The van der Waals surface area contributed by atoms with Crippen LogP contribution in [0.1, 0.15) is 25.1 Å². The van der Waals surface area contributed by atoms with Gasteiger partial charge in [0.15, 0.2) is 0 Å². The number of allylic oxidation sites excluding steroid dienone is 1. The number of nitrogens with zero attached hydrogens (tertiary/aromatic N) is 1. The lowest BCUT2D eigenvalue weighted by Crippen LogP contribution is -2.17. The van der Waals surface area contributed by atoms with Crippen molar-refractivity contribution in [2.45, 2.75) is 33.2 Å². The molecule has 0 amide bonds. The first-order chi connectivity index (χ1) is 10.6. The van der Waals surface area contributed by atoms with Crippen LogP contribution in [-0.4, -0.2) is 10.5 Å². The fraction of sp³-hybridized carbons (Fsp3) is 0.471. The Hall–Kier alpha value is -2.16. The Bertz CT molecular complexity index is 664. The van der Waals surface area contributed by atoms with Gasteiger partial charge >= 0.3 is 12.1 Å². The summed E-state index contributed by atoms with van der Waals surface area (Å²) >= 11 is 0. The van der Waals surface area contributed by atoms with Gasteiger partial charge < -0.3 is 9.30 Å². The molecule has 23 heavy (non-hydrogen) atoms. The van der Waals surface area contributed by atoms with Gasteiger partial charge in [0.2, 0.25) is 0 Å². The van der Waals surface area contributed by atoms with Crippen molar-refractivity contribution in [3.8, 4) is 12.3 Å². The molecule has 3 nitrogen and oxygen atoms in total. The molecule has 0 aromatic carbocycles. The van der Waals surface area contributed by atoms with Gasteiger partial charge in [0, 0.05) is 11.8 Å². The van der Waals surface area contributed by atoms with E-state index in [4.69, 9.17) is 11.2 Å². The summed E-state index contributed by atoms with van der Waals surface area (Å²) in [6.07, 6.45) is 3.44. The molecule has 1 fully saturated rings. The Morgan fingerprint density at radius 2 is 2.22 bits per heavy atom. The summed E-state index contributed by atoms with van der Waals surface area (Å²) in [5, 5.41) is 0. The zero-order chi connectivity index (χ0) is 17.4. The molecule has 1 aliphatic carbocycles. The molecule has 124 valence electrons. The number of ether oxygens (including phenoxy) is 1. The molecule has 0 N–H and O–H groups in total. The van der Waals surface area contributed by atoms with Gasteiger partial charge in [-0.15, -0.1) is 13.0 Å². The second-order valence-corrected chi connectivity index (χ2v) is 6.19. The molecule has 6 heteroatoms. The van der Waals surface area contributed by atoms with Crippen molar-refractivity contribution >= 4 is 5.97 Å². The Balaban J connectivity index is 2.12. The van der Waals surface area contributed by atoms with E-state index in [1.54, 1.807) is 6.08 Å². The second kappa shape index (κ2) is 5.80. The quantitative estimate of drug-likeness (QED) is 0.470. The Labute approximate surface area is 133 Å². The number of hydrogen-bond donors (Lipinski definition) is 0. The van der Waals surface area contributed by atoms with E-state index in [9.17, 15) is 18.0 Å². The van der Waals surface area contributed by atoms with Crippen LogP contribution in [0.25, 0.3) is 0 Å².